The normalized spacial score (nSPS) is 15.0. The van der Waals surface area contributed by atoms with Gasteiger partial charge < -0.3 is 0 Å². The molecule has 5 rings (SSSR count). The maximum absolute atomic E-state index is 6.24. The van der Waals surface area contributed by atoms with E-state index in [1.807, 2.05) is 12.3 Å². The molecule has 0 bridgehead atoms. The molecular weight excluding hydrogens is 279 g/mol. The van der Waals surface area contributed by atoms with Gasteiger partial charge in [-0.05, 0) is 29.3 Å². The number of nitrogens with zero attached hydrogens (tertiary/aromatic N) is 2. The van der Waals surface area contributed by atoms with Gasteiger partial charge in [-0.1, -0.05) is 49.6 Å². The summed E-state index contributed by atoms with van der Waals surface area (Å²) < 4.78 is 2.29. The number of pyridine rings is 1. The standard InChI is InChI=1S/C20H15BN2/c1-20(2)15-7-3-4-8-17(15)23-18-14(10-12(21)11-16(18)20)13-6-5-9-22-19(13)23/h3-11H,1-2H3. The maximum atomic E-state index is 6.24. The van der Waals surface area contributed by atoms with Crippen LogP contribution in [0, 0.1) is 0 Å². The molecule has 0 atom stereocenters. The van der Waals surface area contributed by atoms with Crippen molar-refractivity contribution in [2.24, 2.45) is 0 Å². The molecule has 0 amide bonds. The fourth-order valence-electron chi connectivity index (χ4n) is 4.05. The Morgan fingerprint density at radius 1 is 0.957 bits per heavy atom. The van der Waals surface area contributed by atoms with Crippen LogP contribution in [0.25, 0.3) is 27.6 Å². The van der Waals surface area contributed by atoms with Crippen LogP contribution in [0.2, 0.25) is 0 Å². The Labute approximate surface area is 136 Å². The minimum Gasteiger partial charge on any atom is -0.293 e. The summed E-state index contributed by atoms with van der Waals surface area (Å²) in [7, 11) is 6.24. The molecule has 4 aromatic rings. The summed E-state index contributed by atoms with van der Waals surface area (Å²) in [6.45, 7) is 4.54. The highest BCUT2D eigenvalue weighted by molar-refractivity contribution is 6.34. The highest BCUT2D eigenvalue weighted by Gasteiger charge is 2.35. The predicted octanol–water partition coefficient (Wildman–Crippen LogP) is 3.61. The van der Waals surface area contributed by atoms with Gasteiger partial charge in [0.1, 0.15) is 13.5 Å². The van der Waals surface area contributed by atoms with Crippen molar-refractivity contribution in [3.8, 4) is 5.69 Å². The third kappa shape index (κ3) is 1.47. The summed E-state index contributed by atoms with van der Waals surface area (Å²) in [5.41, 5.74) is 6.74. The van der Waals surface area contributed by atoms with Crippen LogP contribution in [-0.2, 0) is 5.41 Å². The Morgan fingerprint density at radius 3 is 2.65 bits per heavy atom. The Morgan fingerprint density at radius 2 is 1.78 bits per heavy atom. The molecule has 2 nitrogen and oxygen atoms in total. The first-order valence-electron chi connectivity index (χ1n) is 7.88. The second kappa shape index (κ2) is 4.05. The lowest BCUT2D eigenvalue weighted by molar-refractivity contribution is 0.630. The second-order valence-electron chi connectivity index (χ2n) is 6.82. The van der Waals surface area contributed by atoms with Crippen LogP contribution in [0.1, 0.15) is 25.0 Å². The maximum Gasteiger partial charge on any atom is 0.145 e. The minimum absolute atomic E-state index is 0.0887. The first-order valence-corrected chi connectivity index (χ1v) is 7.88. The van der Waals surface area contributed by atoms with Gasteiger partial charge in [0, 0.05) is 22.4 Å². The number of para-hydroxylation sites is 1. The van der Waals surface area contributed by atoms with E-state index in [4.69, 9.17) is 7.85 Å². The van der Waals surface area contributed by atoms with Crippen molar-refractivity contribution in [1.82, 2.24) is 9.55 Å². The molecular formula is C20H15BN2. The average Bonchev–Trinajstić information content (AvgIpc) is 2.88. The fraction of sp³-hybridized carbons (Fsp3) is 0.150. The highest BCUT2D eigenvalue weighted by atomic mass is 15.1. The molecule has 0 saturated heterocycles. The van der Waals surface area contributed by atoms with Gasteiger partial charge >= 0.3 is 0 Å². The monoisotopic (exact) mass is 294 g/mol. The fourth-order valence-corrected chi connectivity index (χ4v) is 4.05. The summed E-state index contributed by atoms with van der Waals surface area (Å²) >= 11 is 0. The first-order chi connectivity index (χ1) is 11.1. The zero-order valence-electron chi connectivity index (χ0n) is 13.2. The Hall–Kier alpha value is -2.55. The van der Waals surface area contributed by atoms with E-state index in [9.17, 15) is 0 Å². The summed E-state index contributed by atoms with van der Waals surface area (Å²) in [5, 5.41) is 2.34. The zero-order valence-corrected chi connectivity index (χ0v) is 13.2. The molecule has 1 aliphatic rings. The number of benzene rings is 2. The van der Waals surface area contributed by atoms with Crippen LogP contribution in [0.15, 0.2) is 54.7 Å². The van der Waals surface area contributed by atoms with Crippen LogP contribution in [-0.4, -0.2) is 17.4 Å². The smallest absolute Gasteiger partial charge is 0.145 e. The lowest BCUT2D eigenvalue weighted by Crippen LogP contribution is -2.27. The van der Waals surface area contributed by atoms with Gasteiger partial charge in [-0.15, -0.1) is 0 Å². The minimum atomic E-state index is -0.0887. The van der Waals surface area contributed by atoms with Crippen molar-refractivity contribution in [1.29, 1.82) is 0 Å². The number of hydrogen-bond donors (Lipinski definition) is 0. The lowest BCUT2D eigenvalue weighted by atomic mass is 9.73. The quantitative estimate of drug-likeness (QED) is 0.453. The van der Waals surface area contributed by atoms with Crippen LogP contribution in [0.4, 0.5) is 0 Å². The molecule has 108 valence electrons. The van der Waals surface area contributed by atoms with E-state index in [-0.39, 0.29) is 5.41 Å². The average molecular weight is 294 g/mol. The molecule has 1 aliphatic heterocycles. The SMILES string of the molecule is [B]c1cc2c3c(c1)c1cccnc1n3-c1ccccc1C2(C)C. The van der Waals surface area contributed by atoms with Crippen molar-refractivity contribution in [2.75, 3.05) is 0 Å². The third-order valence-corrected chi connectivity index (χ3v) is 5.14. The van der Waals surface area contributed by atoms with Gasteiger partial charge in [-0.2, -0.15) is 0 Å². The zero-order chi connectivity index (χ0) is 15.8. The topological polar surface area (TPSA) is 17.8 Å². The molecule has 3 heteroatoms. The highest BCUT2D eigenvalue weighted by Crippen LogP contribution is 2.46. The summed E-state index contributed by atoms with van der Waals surface area (Å²) in [4.78, 5) is 4.66. The molecule has 0 N–H and O–H groups in total. The lowest BCUT2D eigenvalue weighted by Gasteiger charge is -2.34. The molecule has 2 radical (unpaired) electrons. The van der Waals surface area contributed by atoms with Crippen LogP contribution in [0.3, 0.4) is 0 Å². The Balaban J connectivity index is 2.15. The number of rotatable bonds is 0. The largest absolute Gasteiger partial charge is 0.293 e. The molecule has 0 fully saturated rings. The van der Waals surface area contributed by atoms with Gasteiger partial charge in [0.2, 0.25) is 0 Å². The molecule has 2 aromatic carbocycles. The number of aromatic nitrogens is 2. The van der Waals surface area contributed by atoms with Crippen molar-refractivity contribution in [3.05, 3.63) is 65.9 Å². The molecule has 23 heavy (non-hydrogen) atoms. The number of hydrogen-bond acceptors (Lipinski definition) is 1. The van der Waals surface area contributed by atoms with Gasteiger partial charge in [0.15, 0.2) is 0 Å². The predicted molar refractivity (Wildman–Crippen MR) is 96.1 cm³/mol. The van der Waals surface area contributed by atoms with Crippen molar-refractivity contribution < 1.29 is 0 Å². The van der Waals surface area contributed by atoms with E-state index in [2.05, 4.69) is 65.9 Å². The second-order valence-corrected chi connectivity index (χ2v) is 6.82. The summed E-state index contributed by atoms with van der Waals surface area (Å²) in [5.74, 6) is 0. The molecule has 0 spiro atoms. The van der Waals surface area contributed by atoms with E-state index in [0.29, 0.717) is 0 Å². The molecule has 0 unspecified atom stereocenters. The van der Waals surface area contributed by atoms with Crippen LogP contribution < -0.4 is 5.46 Å². The summed E-state index contributed by atoms with van der Waals surface area (Å²) in [6.07, 6.45) is 1.86. The van der Waals surface area contributed by atoms with Crippen molar-refractivity contribution >= 4 is 35.2 Å². The van der Waals surface area contributed by atoms with Crippen molar-refractivity contribution in [2.45, 2.75) is 19.3 Å². The third-order valence-electron chi connectivity index (χ3n) is 5.14. The molecule has 3 heterocycles. The van der Waals surface area contributed by atoms with E-state index in [0.717, 1.165) is 16.5 Å². The molecule has 2 aromatic heterocycles. The van der Waals surface area contributed by atoms with E-state index < -0.39 is 0 Å². The van der Waals surface area contributed by atoms with E-state index in [1.54, 1.807) is 0 Å². The van der Waals surface area contributed by atoms with E-state index in [1.165, 1.54) is 27.7 Å². The van der Waals surface area contributed by atoms with Crippen LogP contribution >= 0.6 is 0 Å². The Kier molecular flexibility index (Phi) is 2.28. The number of fused-ring (bicyclic) bond motifs is 5. The summed E-state index contributed by atoms with van der Waals surface area (Å²) in [6, 6.07) is 16.9. The van der Waals surface area contributed by atoms with Crippen LogP contribution in [0.5, 0.6) is 0 Å². The van der Waals surface area contributed by atoms with Gasteiger partial charge in [-0.25, -0.2) is 4.98 Å². The van der Waals surface area contributed by atoms with E-state index >= 15 is 0 Å². The molecule has 0 aliphatic carbocycles. The first kappa shape index (κ1) is 12.9. The molecule has 0 saturated carbocycles. The van der Waals surface area contributed by atoms with Gasteiger partial charge in [-0.3, -0.25) is 4.57 Å². The Bertz CT molecular complexity index is 1110. The van der Waals surface area contributed by atoms with Crippen molar-refractivity contribution in [3.63, 3.8) is 0 Å². The van der Waals surface area contributed by atoms with Gasteiger partial charge in [0.25, 0.3) is 0 Å². The van der Waals surface area contributed by atoms with Gasteiger partial charge in [0.05, 0.1) is 11.2 Å².